The summed E-state index contributed by atoms with van der Waals surface area (Å²) in [6.45, 7) is 1.77. The second-order valence-electron chi connectivity index (χ2n) is 5.84. The fourth-order valence-corrected chi connectivity index (χ4v) is 2.45. The van der Waals surface area contributed by atoms with E-state index < -0.39 is 17.6 Å². The first kappa shape index (κ1) is 23.8. The molecule has 154 valence electrons. The second kappa shape index (κ2) is 10.4. The first-order chi connectivity index (χ1) is 13.0. The minimum atomic E-state index is -0.823. The average molecular weight is 422 g/mol. The number of rotatable bonds is 5. The molecule has 0 aliphatic carbocycles. The van der Waals surface area contributed by atoms with Gasteiger partial charge in [-0.1, -0.05) is 18.2 Å². The van der Waals surface area contributed by atoms with Crippen LogP contribution in [0.4, 0.5) is 0 Å². The van der Waals surface area contributed by atoms with Crippen molar-refractivity contribution in [3.8, 4) is 5.75 Å². The van der Waals surface area contributed by atoms with Crippen molar-refractivity contribution >= 4 is 35.3 Å². The molecule has 9 heteroatoms. The van der Waals surface area contributed by atoms with Gasteiger partial charge >= 0.3 is 17.6 Å². The van der Waals surface area contributed by atoms with Gasteiger partial charge in [0.05, 0.1) is 0 Å². The molecule has 0 saturated carbocycles. The zero-order valence-electron chi connectivity index (χ0n) is 15.5. The number of esters is 2. The van der Waals surface area contributed by atoms with Crippen molar-refractivity contribution in [3.63, 3.8) is 0 Å². The van der Waals surface area contributed by atoms with E-state index in [2.05, 4.69) is 0 Å². The number of carbonyl (C=O) groups excluding carboxylic acids is 2. The zero-order chi connectivity index (χ0) is 19.4. The number of hydrogen-bond acceptors (Lipinski definition) is 7. The Morgan fingerprint density at radius 2 is 1.69 bits per heavy atom. The summed E-state index contributed by atoms with van der Waals surface area (Å²) in [7, 11) is 0. The van der Waals surface area contributed by atoms with Crippen LogP contribution in [0.1, 0.15) is 28.4 Å². The van der Waals surface area contributed by atoms with E-state index in [0.29, 0.717) is 28.8 Å². The molecule has 0 aliphatic rings. The Bertz CT molecular complexity index is 1060. The van der Waals surface area contributed by atoms with Crippen LogP contribution in [-0.4, -0.2) is 17.4 Å². The van der Waals surface area contributed by atoms with Crippen LogP contribution in [0.2, 0.25) is 0 Å². The van der Waals surface area contributed by atoms with Crippen LogP contribution in [0, 0.1) is 0 Å². The molecule has 1 aromatic heterocycles. The molecule has 8 nitrogen and oxygen atoms in total. The molecule has 4 N–H and O–H groups in total. The van der Waals surface area contributed by atoms with Crippen LogP contribution in [-0.2, 0) is 22.7 Å². The van der Waals surface area contributed by atoms with E-state index in [1.807, 2.05) is 0 Å². The molecule has 0 spiro atoms. The van der Waals surface area contributed by atoms with Gasteiger partial charge in [0.15, 0.2) is 0 Å². The molecule has 0 aliphatic heterocycles. The van der Waals surface area contributed by atoms with Gasteiger partial charge in [-0.25, -0.2) is 9.59 Å². The number of fused-ring (bicyclic) bond motifs is 1. The molecular formula is C20H20ClNO7. The molecule has 0 unspecified atom stereocenters. The standard InChI is InChI=1S/C20H17NO6.ClH.H2O/c1-12(22)25-11-14-4-7-18-15(8-14)9-17(20(24)27-18)19(23)26-16-5-2-13(10-21)3-6-16;;/h2-9H,10-11,21H2,1H3;1H;1H2. The number of benzene rings is 2. The average Bonchev–Trinajstić information content (AvgIpc) is 2.66. The van der Waals surface area contributed by atoms with E-state index in [1.165, 1.54) is 13.0 Å². The van der Waals surface area contributed by atoms with Gasteiger partial charge in [-0.2, -0.15) is 0 Å². The Labute approximate surface area is 171 Å². The molecular weight excluding hydrogens is 402 g/mol. The number of hydrogen-bond donors (Lipinski definition) is 1. The highest BCUT2D eigenvalue weighted by atomic mass is 35.5. The lowest BCUT2D eigenvalue weighted by atomic mass is 10.1. The minimum Gasteiger partial charge on any atom is -0.461 e. The van der Waals surface area contributed by atoms with E-state index in [1.54, 1.807) is 42.5 Å². The third-order valence-corrected chi connectivity index (χ3v) is 3.83. The van der Waals surface area contributed by atoms with Gasteiger partial charge < -0.3 is 25.1 Å². The molecule has 3 aromatic rings. The van der Waals surface area contributed by atoms with Crippen molar-refractivity contribution in [2.75, 3.05) is 0 Å². The Kier molecular flexibility index (Phi) is 8.53. The van der Waals surface area contributed by atoms with Crippen molar-refractivity contribution in [1.29, 1.82) is 0 Å². The largest absolute Gasteiger partial charge is 0.461 e. The summed E-state index contributed by atoms with van der Waals surface area (Å²) in [6.07, 6.45) is 0. The topological polar surface area (TPSA) is 140 Å². The molecule has 29 heavy (non-hydrogen) atoms. The first-order valence-corrected chi connectivity index (χ1v) is 8.17. The number of nitrogens with two attached hydrogens (primary N) is 1. The van der Waals surface area contributed by atoms with Gasteiger partial charge in [0.2, 0.25) is 0 Å². The van der Waals surface area contributed by atoms with E-state index in [4.69, 9.17) is 19.6 Å². The van der Waals surface area contributed by atoms with Crippen LogP contribution >= 0.6 is 12.4 Å². The van der Waals surface area contributed by atoms with E-state index in [-0.39, 0.29) is 30.1 Å². The van der Waals surface area contributed by atoms with Crippen molar-refractivity contribution in [2.24, 2.45) is 5.73 Å². The van der Waals surface area contributed by atoms with Gasteiger partial charge in [-0.15, -0.1) is 12.4 Å². The fourth-order valence-electron chi connectivity index (χ4n) is 2.45. The predicted octanol–water partition coefficient (Wildman–Crippen LogP) is 2.13. The molecule has 1 heterocycles. The predicted molar refractivity (Wildman–Crippen MR) is 108 cm³/mol. The quantitative estimate of drug-likeness (QED) is 0.378. The summed E-state index contributed by atoms with van der Waals surface area (Å²) in [4.78, 5) is 35.4. The van der Waals surface area contributed by atoms with Gasteiger partial charge in [-0.3, -0.25) is 4.79 Å². The third-order valence-electron chi connectivity index (χ3n) is 3.83. The minimum absolute atomic E-state index is 0. The summed E-state index contributed by atoms with van der Waals surface area (Å²) in [6, 6.07) is 13.0. The van der Waals surface area contributed by atoms with Crippen molar-refractivity contribution in [1.82, 2.24) is 0 Å². The highest BCUT2D eigenvalue weighted by molar-refractivity contribution is 5.94. The van der Waals surface area contributed by atoms with E-state index >= 15 is 0 Å². The molecule has 0 atom stereocenters. The first-order valence-electron chi connectivity index (χ1n) is 8.17. The summed E-state index contributed by atoms with van der Waals surface area (Å²) >= 11 is 0. The lowest BCUT2D eigenvalue weighted by Gasteiger charge is -2.06. The molecule has 2 aromatic carbocycles. The molecule has 0 amide bonds. The van der Waals surface area contributed by atoms with Gasteiger partial charge in [0, 0.05) is 18.9 Å². The normalized spacial score (nSPS) is 9.86. The number of carbonyl (C=O) groups is 2. The van der Waals surface area contributed by atoms with E-state index in [0.717, 1.165) is 5.56 Å². The Morgan fingerprint density at radius 1 is 1.03 bits per heavy atom. The lowest BCUT2D eigenvalue weighted by molar-refractivity contribution is -0.142. The monoisotopic (exact) mass is 421 g/mol. The summed E-state index contributed by atoms with van der Waals surface area (Å²) < 4.78 is 15.4. The van der Waals surface area contributed by atoms with Gasteiger partial charge in [0.25, 0.3) is 0 Å². The van der Waals surface area contributed by atoms with Gasteiger partial charge in [-0.05, 0) is 41.5 Å². The Balaban J connectivity index is 0.00000210. The smallest absolute Gasteiger partial charge is 0.351 e. The summed E-state index contributed by atoms with van der Waals surface area (Å²) in [5, 5.41) is 0.518. The number of ether oxygens (including phenoxy) is 2. The lowest BCUT2D eigenvalue weighted by Crippen LogP contribution is -2.18. The summed E-state index contributed by atoms with van der Waals surface area (Å²) in [5.74, 6) is -0.934. The molecule has 0 radical (unpaired) electrons. The van der Waals surface area contributed by atoms with Gasteiger partial charge in [0.1, 0.15) is 23.5 Å². The van der Waals surface area contributed by atoms with Crippen molar-refractivity contribution < 1.29 is 29.0 Å². The van der Waals surface area contributed by atoms with Crippen molar-refractivity contribution in [3.05, 3.63) is 75.6 Å². The molecule has 0 bridgehead atoms. The van der Waals surface area contributed by atoms with Crippen LogP contribution in [0.3, 0.4) is 0 Å². The van der Waals surface area contributed by atoms with Crippen LogP contribution in [0.25, 0.3) is 11.0 Å². The maximum Gasteiger partial charge on any atom is 0.351 e. The fraction of sp³-hybridized carbons (Fsp3) is 0.150. The Hall–Kier alpha value is -3.20. The Morgan fingerprint density at radius 3 is 2.31 bits per heavy atom. The maximum absolute atomic E-state index is 12.4. The van der Waals surface area contributed by atoms with Crippen LogP contribution in [0.5, 0.6) is 5.75 Å². The maximum atomic E-state index is 12.4. The number of halogens is 1. The third kappa shape index (κ3) is 5.89. The summed E-state index contributed by atoms with van der Waals surface area (Å²) in [5.41, 5.74) is 6.41. The van der Waals surface area contributed by atoms with Crippen molar-refractivity contribution in [2.45, 2.75) is 20.1 Å². The van der Waals surface area contributed by atoms with Crippen LogP contribution in [0.15, 0.2) is 57.7 Å². The van der Waals surface area contributed by atoms with Crippen LogP contribution < -0.4 is 16.1 Å². The van der Waals surface area contributed by atoms with E-state index in [9.17, 15) is 14.4 Å². The zero-order valence-corrected chi connectivity index (χ0v) is 16.3. The highest BCUT2D eigenvalue weighted by Gasteiger charge is 2.16. The second-order valence-corrected chi connectivity index (χ2v) is 5.84. The highest BCUT2D eigenvalue weighted by Crippen LogP contribution is 2.18. The molecule has 3 rings (SSSR count). The molecule has 0 saturated heterocycles. The SMILES string of the molecule is CC(=O)OCc1ccc2oc(=O)c(C(=O)Oc3ccc(CN)cc3)cc2c1.Cl.O. The molecule has 0 fully saturated rings.